The van der Waals surface area contributed by atoms with E-state index in [0.29, 0.717) is 22.4 Å². The number of hydrogen-bond acceptors (Lipinski definition) is 6. The van der Waals surface area contributed by atoms with Crippen LogP contribution in [-0.2, 0) is 20.0 Å². The van der Waals surface area contributed by atoms with Crippen molar-refractivity contribution in [3.8, 4) is 0 Å². The van der Waals surface area contributed by atoms with E-state index in [1.807, 2.05) is 12.1 Å². The molecule has 0 aromatic heterocycles. The molecule has 10 heteroatoms. The normalized spacial score (nSPS) is 23.2. The number of sulfonamides is 2. The number of piperidine rings is 2. The van der Waals surface area contributed by atoms with Gasteiger partial charge in [0.2, 0.25) is 20.0 Å². The molecule has 2 saturated heterocycles. The molecule has 3 aliphatic rings. The van der Waals surface area contributed by atoms with Gasteiger partial charge in [0.25, 0.3) is 0 Å². The van der Waals surface area contributed by atoms with Gasteiger partial charge in [-0.3, -0.25) is 4.72 Å². The average Bonchev–Trinajstić information content (AvgIpc) is 3.42. The number of hydrogen-bond donors (Lipinski definition) is 4. The highest BCUT2D eigenvalue weighted by atomic mass is 32.2. The Kier molecular flexibility index (Phi) is 10.8. The van der Waals surface area contributed by atoms with Gasteiger partial charge in [0.05, 0.1) is 16.8 Å². The first-order valence-electron chi connectivity index (χ1n) is 16.6. The molecule has 2 aromatic carbocycles. The van der Waals surface area contributed by atoms with Crippen LogP contribution in [0.5, 0.6) is 0 Å². The summed E-state index contributed by atoms with van der Waals surface area (Å²) < 4.78 is 58.2. The summed E-state index contributed by atoms with van der Waals surface area (Å²) in [6, 6.07) is 12.3. The second-order valence-corrected chi connectivity index (χ2v) is 17.3. The molecular formula is C34H52N4O4S2. The smallest absolute Gasteiger partial charge is 0.241 e. The second-order valence-electron chi connectivity index (χ2n) is 13.9. The van der Waals surface area contributed by atoms with E-state index >= 15 is 0 Å². The SMILES string of the molecule is CC(C)c1ccc(C2CCNCC2)c(S(=O)(=O)NC2CCC(CC(C)c3ccc(C4CCNCC4)c(NS(C)(=O)=O)c3)C2)c1. The Morgan fingerprint density at radius 3 is 1.98 bits per heavy atom. The van der Waals surface area contributed by atoms with E-state index in [1.165, 1.54) is 6.26 Å². The van der Waals surface area contributed by atoms with Gasteiger partial charge in [0, 0.05) is 6.04 Å². The Morgan fingerprint density at radius 2 is 1.36 bits per heavy atom. The van der Waals surface area contributed by atoms with E-state index in [2.05, 4.69) is 65.1 Å². The lowest BCUT2D eigenvalue weighted by Crippen LogP contribution is -2.34. The number of anilines is 1. The van der Waals surface area contributed by atoms with Crippen LogP contribution in [0.3, 0.4) is 0 Å². The summed E-state index contributed by atoms with van der Waals surface area (Å²) in [6.07, 6.45) is 8.67. The maximum atomic E-state index is 13.9. The first-order valence-corrected chi connectivity index (χ1v) is 20.0. The summed E-state index contributed by atoms with van der Waals surface area (Å²) in [6.45, 7) is 10.1. The quantitative estimate of drug-likeness (QED) is 0.247. The Bertz CT molecular complexity index is 1500. The van der Waals surface area contributed by atoms with Crippen molar-refractivity contribution in [2.24, 2.45) is 5.92 Å². The summed E-state index contributed by atoms with van der Waals surface area (Å²) >= 11 is 0. The van der Waals surface area contributed by atoms with E-state index < -0.39 is 20.0 Å². The van der Waals surface area contributed by atoms with Gasteiger partial charge in [0.15, 0.2) is 0 Å². The van der Waals surface area contributed by atoms with Crippen molar-refractivity contribution in [3.05, 3.63) is 58.7 Å². The average molecular weight is 645 g/mol. The third-order valence-corrected chi connectivity index (χ3v) is 12.2. The van der Waals surface area contributed by atoms with E-state index in [1.54, 1.807) is 0 Å². The van der Waals surface area contributed by atoms with E-state index in [9.17, 15) is 16.8 Å². The fourth-order valence-corrected chi connectivity index (χ4v) is 9.78. The van der Waals surface area contributed by atoms with Crippen LogP contribution in [-0.4, -0.2) is 55.3 Å². The Labute approximate surface area is 265 Å². The molecule has 44 heavy (non-hydrogen) atoms. The van der Waals surface area contributed by atoms with Gasteiger partial charge in [-0.05, 0) is 142 Å². The zero-order valence-corrected chi connectivity index (χ0v) is 28.5. The second kappa shape index (κ2) is 14.2. The minimum absolute atomic E-state index is 0.0782. The molecule has 0 radical (unpaired) electrons. The van der Waals surface area contributed by atoms with Crippen molar-refractivity contribution in [1.82, 2.24) is 15.4 Å². The molecule has 5 rings (SSSR count). The van der Waals surface area contributed by atoms with Crippen LogP contribution in [0, 0.1) is 5.92 Å². The highest BCUT2D eigenvalue weighted by Crippen LogP contribution is 2.39. The number of benzene rings is 2. The maximum Gasteiger partial charge on any atom is 0.241 e. The predicted octanol–water partition coefficient (Wildman–Crippen LogP) is 5.76. The zero-order chi connectivity index (χ0) is 31.5. The molecule has 1 aliphatic carbocycles. The number of nitrogens with one attached hydrogen (secondary N) is 4. The van der Waals surface area contributed by atoms with E-state index in [0.717, 1.165) is 99.8 Å². The summed E-state index contributed by atoms with van der Waals surface area (Å²) in [5.41, 5.74) is 4.91. The van der Waals surface area contributed by atoms with E-state index in [4.69, 9.17) is 0 Å². The Balaban J connectivity index is 1.27. The van der Waals surface area contributed by atoms with Crippen molar-refractivity contribution < 1.29 is 16.8 Å². The summed E-state index contributed by atoms with van der Waals surface area (Å²) in [4.78, 5) is 0.465. The molecule has 1 saturated carbocycles. The standard InChI is InChI=1S/C34H52N4O4S2/c1-23(2)28-6-10-32(27-13-17-36-18-14-27)34(22-28)44(41,42)37-30-8-5-25(20-30)19-24(3)29-7-9-31(26-11-15-35-16-12-26)33(21-29)38-43(4,39)40/h6-7,9-10,21-27,30,35-38H,5,8,11-20H2,1-4H3. The molecule has 0 spiro atoms. The highest BCUT2D eigenvalue weighted by molar-refractivity contribution is 7.92. The zero-order valence-electron chi connectivity index (χ0n) is 26.9. The van der Waals surface area contributed by atoms with Crippen molar-refractivity contribution in [2.45, 2.75) is 107 Å². The van der Waals surface area contributed by atoms with Crippen LogP contribution in [0.15, 0.2) is 41.3 Å². The van der Waals surface area contributed by atoms with Gasteiger partial charge in [-0.15, -0.1) is 0 Å². The molecule has 3 fully saturated rings. The van der Waals surface area contributed by atoms with Crippen LogP contribution in [0.2, 0.25) is 0 Å². The topological polar surface area (TPSA) is 116 Å². The molecular weight excluding hydrogens is 593 g/mol. The molecule has 244 valence electrons. The third-order valence-electron chi connectivity index (χ3n) is 10.0. The van der Waals surface area contributed by atoms with Crippen molar-refractivity contribution in [3.63, 3.8) is 0 Å². The maximum absolute atomic E-state index is 13.9. The summed E-state index contributed by atoms with van der Waals surface area (Å²) in [7, 11) is -7.07. The molecule has 2 heterocycles. The van der Waals surface area contributed by atoms with Gasteiger partial charge >= 0.3 is 0 Å². The van der Waals surface area contributed by atoms with Crippen LogP contribution < -0.4 is 20.1 Å². The number of rotatable bonds is 11. The minimum atomic E-state index is -3.66. The largest absolute Gasteiger partial charge is 0.317 e. The minimum Gasteiger partial charge on any atom is -0.317 e. The van der Waals surface area contributed by atoms with Crippen LogP contribution in [0.1, 0.15) is 118 Å². The monoisotopic (exact) mass is 644 g/mol. The van der Waals surface area contributed by atoms with Crippen molar-refractivity contribution >= 4 is 25.7 Å². The van der Waals surface area contributed by atoms with Crippen molar-refractivity contribution in [1.29, 1.82) is 0 Å². The molecule has 4 N–H and O–H groups in total. The van der Waals surface area contributed by atoms with E-state index in [-0.39, 0.29) is 23.8 Å². The van der Waals surface area contributed by atoms with Gasteiger partial charge < -0.3 is 10.6 Å². The highest BCUT2D eigenvalue weighted by Gasteiger charge is 2.32. The van der Waals surface area contributed by atoms with Crippen LogP contribution in [0.25, 0.3) is 0 Å². The lowest BCUT2D eigenvalue weighted by Gasteiger charge is -2.27. The van der Waals surface area contributed by atoms with Gasteiger partial charge in [-0.2, -0.15) is 0 Å². The Hall–Kier alpha value is -1.98. The lowest BCUT2D eigenvalue weighted by molar-refractivity contribution is 0.446. The predicted molar refractivity (Wildman–Crippen MR) is 180 cm³/mol. The first kappa shape index (κ1) is 33.4. The lowest BCUT2D eigenvalue weighted by atomic mass is 9.85. The fourth-order valence-electron chi connectivity index (χ4n) is 7.59. The summed E-state index contributed by atoms with van der Waals surface area (Å²) in [5, 5.41) is 6.79. The van der Waals surface area contributed by atoms with Crippen molar-refractivity contribution in [2.75, 3.05) is 37.2 Å². The molecule has 2 aromatic rings. The van der Waals surface area contributed by atoms with Crippen LogP contribution in [0.4, 0.5) is 5.69 Å². The molecule has 0 bridgehead atoms. The molecule has 3 unspecified atom stereocenters. The van der Waals surface area contributed by atoms with Gasteiger partial charge in [-0.1, -0.05) is 45.0 Å². The molecule has 3 atom stereocenters. The molecule has 0 amide bonds. The Morgan fingerprint density at radius 1 is 0.773 bits per heavy atom. The van der Waals surface area contributed by atoms with Gasteiger partial charge in [-0.25, -0.2) is 21.6 Å². The third kappa shape index (κ3) is 8.43. The fraction of sp³-hybridized carbons (Fsp3) is 0.647. The van der Waals surface area contributed by atoms with Gasteiger partial charge in [0.1, 0.15) is 0 Å². The molecule has 2 aliphatic heterocycles. The van der Waals surface area contributed by atoms with Crippen LogP contribution >= 0.6 is 0 Å². The first-order chi connectivity index (χ1) is 20.9. The molecule has 8 nitrogen and oxygen atoms in total. The summed E-state index contributed by atoms with van der Waals surface area (Å²) in [5.74, 6) is 1.48.